The number of phenols is 1. The minimum Gasteiger partial charge on any atom is -0.508 e. The van der Waals surface area contributed by atoms with E-state index in [1.807, 2.05) is 0 Å². The highest BCUT2D eigenvalue weighted by atomic mass is 16.4. The van der Waals surface area contributed by atoms with Crippen molar-refractivity contribution in [3.63, 3.8) is 0 Å². The highest BCUT2D eigenvalue weighted by Crippen LogP contribution is 2.25. The monoisotopic (exact) mass is 330 g/mol. The molecule has 1 amide bonds. The molecular weight excluding hydrogens is 312 g/mol. The lowest BCUT2D eigenvalue weighted by Crippen LogP contribution is -2.55. The first-order chi connectivity index (χ1) is 11.3. The number of aliphatic carboxylic acids is 1. The standard InChI is InChI=1S/C17H18N2O5/c1-17(15(21)22,10-12-2-4-14(20)5-3-12)19(16(23)24)11-13-6-8-18-9-7-13/h2-9,20H,10-11H2,1H3,(H,21,22)(H,23,24). The molecule has 0 aliphatic heterocycles. The molecule has 2 rings (SSSR count). The van der Waals surface area contributed by atoms with Crippen LogP contribution in [0.5, 0.6) is 5.75 Å². The number of phenolic OH excluding ortho intramolecular Hbond substituents is 1. The number of benzene rings is 1. The Bertz CT molecular complexity index is 718. The molecule has 24 heavy (non-hydrogen) atoms. The van der Waals surface area contributed by atoms with Gasteiger partial charge in [0.05, 0.1) is 6.54 Å². The maximum absolute atomic E-state index is 11.9. The number of hydrogen-bond acceptors (Lipinski definition) is 4. The van der Waals surface area contributed by atoms with Crippen molar-refractivity contribution in [2.24, 2.45) is 0 Å². The van der Waals surface area contributed by atoms with Gasteiger partial charge in [0.2, 0.25) is 0 Å². The van der Waals surface area contributed by atoms with E-state index in [0.717, 1.165) is 4.90 Å². The Balaban J connectivity index is 2.34. The summed E-state index contributed by atoms with van der Waals surface area (Å²) in [4.78, 5) is 28.3. The molecule has 0 spiro atoms. The van der Waals surface area contributed by atoms with Crippen molar-refractivity contribution in [1.29, 1.82) is 0 Å². The normalized spacial score (nSPS) is 13.0. The van der Waals surface area contributed by atoms with Gasteiger partial charge in [-0.3, -0.25) is 9.88 Å². The topological polar surface area (TPSA) is 111 Å². The molecule has 1 unspecified atom stereocenters. The van der Waals surface area contributed by atoms with E-state index in [1.165, 1.54) is 31.5 Å². The molecular formula is C17H18N2O5. The maximum Gasteiger partial charge on any atom is 0.408 e. The second kappa shape index (κ2) is 6.99. The number of carboxylic acid groups (broad SMARTS) is 2. The van der Waals surface area contributed by atoms with Crippen LogP contribution in [0.1, 0.15) is 18.1 Å². The van der Waals surface area contributed by atoms with Gasteiger partial charge in [-0.2, -0.15) is 0 Å². The third-order valence-electron chi connectivity index (χ3n) is 3.86. The van der Waals surface area contributed by atoms with Crippen molar-refractivity contribution in [3.8, 4) is 5.75 Å². The first kappa shape index (κ1) is 17.3. The van der Waals surface area contributed by atoms with Crippen molar-refractivity contribution < 1.29 is 24.9 Å². The molecule has 1 heterocycles. The van der Waals surface area contributed by atoms with Crippen molar-refractivity contribution in [2.45, 2.75) is 25.4 Å². The number of nitrogens with zero attached hydrogens (tertiary/aromatic N) is 2. The number of hydrogen-bond donors (Lipinski definition) is 3. The van der Waals surface area contributed by atoms with Crippen molar-refractivity contribution in [1.82, 2.24) is 9.88 Å². The third kappa shape index (κ3) is 3.81. The first-order valence-electron chi connectivity index (χ1n) is 7.23. The summed E-state index contributed by atoms with van der Waals surface area (Å²) in [6.45, 7) is 1.30. The minimum absolute atomic E-state index is 0.0278. The van der Waals surface area contributed by atoms with E-state index in [9.17, 15) is 24.9 Å². The summed E-state index contributed by atoms with van der Waals surface area (Å²) < 4.78 is 0. The van der Waals surface area contributed by atoms with Gasteiger partial charge in [0, 0.05) is 18.8 Å². The fourth-order valence-corrected chi connectivity index (χ4v) is 2.42. The number of pyridine rings is 1. The third-order valence-corrected chi connectivity index (χ3v) is 3.86. The Morgan fingerprint density at radius 3 is 2.12 bits per heavy atom. The number of rotatable bonds is 6. The molecule has 1 aromatic heterocycles. The fraction of sp³-hybridized carbons (Fsp3) is 0.235. The van der Waals surface area contributed by atoms with Crippen LogP contribution in [0.25, 0.3) is 0 Å². The van der Waals surface area contributed by atoms with E-state index in [0.29, 0.717) is 11.1 Å². The summed E-state index contributed by atoms with van der Waals surface area (Å²) in [6, 6.07) is 9.29. The molecule has 0 bridgehead atoms. The molecule has 3 N–H and O–H groups in total. The number of aromatic nitrogens is 1. The Morgan fingerprint density at radius 2 is 1.62 bits per heavy atom. The van der Waals surface area contributed by atoms with Gasteiger partial charge < -0.3 is 15.3 Å². The second-order valence-electron chi connectivity index (χ2n) is 5.65. The average molecular weight is 330 g/mol. The molecule has 0 radical (unpaired) electrons. The summed E-state index contributed by atoms with van der Waals surface area (Å²) in [7, 11) is 0. The van der Waals surface area contributed by atoms with Gasteiger partial charge in [-0.1, -0.05) is 12.1 Å². The van der Waals surface area contributed by atoms with Crippen LogP contribution in [0.3, 0.4) is 0 Å². The lowest BCUT2D eigenvalue weighted by molar-refractivity contribution is -0.149. The van der Waals surface area contributed by atoms with Gasteiger partial charge in [-0.25, -0.2) is 9.59 Å². The average Bonchev–Trinajstić information content (AvgIpc) is 2.55. The largest absolute Gasteiger partial charge is 0.508 e. The van der Waals surface area contributed by atoms with Gasteiger partial charge in [0.1, 0.15) is 11.3 Å². The Hall–Kier alpha value is -3.09. The van der Waals surface area contributed by atoms with Gasteiger partial charge >= 0.3 is 12.1 Å². The fourth-order valence-electron chi connectivity index (χ4n) is 2.42. The van der Waals surface area contributed by atoms with Crippen LogP contribution in [0.15, 0.2) is 48.8 Å². The number of amides is 1. The summed E-state index contributed by atoms with van der Waals surface area (Å²) >= 11 is 0. The van der Waals surface area contributed by atoms with Crippen LogP contribution in [0.2, 0.25) is 0 Å². The summed E-state index contributed by atoms with van der Waals surface area (Å²) in [5.74, 6) is -1.19. The predicted molar refractivity (Wildman–Crippen MR) is 85.7 cm³/mol. The highest BCUT2D eigenvalue weighted by molar-refractivity contribution is 5.83. The number of carbonyl (C=O) groups is 2. The van der Waals surface area contributed by atoms with E-state index in [4.69, 9.17) is 0 Å². The smallest absolute Gasteiger partial charge is 0.408 e. The molecule has 0 aliphatic carbocycles. The Labute approximate surface area is 138 Å². The molecule has 0 saturated heterocycles. The minimum atomic E-state index is -1.66. The first-order valence-corrected chi connectivity index (χ1v) is 7.23. The summed E-state index contributed by atoms with van der Waals surface area (Å²) in [5, 5.41) is 28.6. The van der Waals surface area contributed by atoms with Crippen LogP contribution in [0.4, 0.5) is 4.79 Å². The van der Waals surface area contributed by atoms with E-state index in [1.54, 1.807) is 24.3 Å². The van der Waals surface area contributed by atoms with Crippen molar-refractivity contribution in [3.05, 3.63) is 59.9 Å². The van der Waals surface area contributed by atoms with E-state index >= 15 is 0 Å². The molecule has 0 aliphatic rings. The van der Waals surface area contributed by atoms with E-state index < -0.39 is 17.6 Å². The van der Waals surface area contributed by atoms with E-state index in [-0.39, 0.29) is 18.7 Å². The second-order valence-corrected chi connectivity index (χ2v) is 5.65. The van der Waals surface area contributed by atoms with Crippen LogP contribution in [-0.4, -0.2) is 42.8 Å². The highest BCUT2D eigenvalue weighted by Gasteiger charge is 2.42. The molecule has 2 aromatic rings. The van der Waals surface area contributed by atoms with Gasteiger partial charge in [-0.15, -0.1) is 0 Å². The molecule has 7 heteroatoms. The Morgan fingerprint density at radius 1 is 1.04 bits per heavy atom. The van der Waals surface area contributed by atoms with Crippen LogP contribution in [-0.2, 0) is 17.8 Å². The molecule has 1 aromatic carbocycles. The quantitative estimate of drug-likeness (QED) is 0.750. The molecule has 7 nitrogen and oxygen atoms in total. The summed E-state index contributed by atoms with van der Waals surface area (Å²) in [5.41, 5.74) is -0.407. The van der Waals surface area contributed by atoms with E-state index in [2.05, 4.69) is 4.98 Å². The molecule has 1 atom stereocenters. The molecule has 126 valence electrons. The zero-order valence-corrected chi connectivity index (χ0v) is 13.1. The SMILES string of the molecule is CC(Cc1ccc(O)cc1)(C(=O)O)N(Cc1ccncc1)C(=O)O. The van der Waals surface area contributed by atoms with Gasteiger partial charge in [0.25, 0.3) is 0 Å². The molecule has 0 fully saturated rings. The van der Waals surface area contributed by atoms with Crippen molar-refractivity contribution in [2.75, 3.05) is 0 Å². The zero-order chi connectivity index (χ0) is 17.7. The predicted octanol–water partition coefficient (Wildman–Crippen LogP) is 2.35. The number of carboxylic acids is 1. The molecule has 0 saturated carbocycles. The Kier molecular flexibility index (Phi) is 5.03. The summed E-state index contributed by atoms with van der Waals surface area (Å²) in [6.07, 6.45) is 1.69. The van der Waals surface area contributed by atoms with Gasteiger partial charge in [0.15, 0.2) is 0 Å². The zero-order valence-electron chi connectivity index (χ0n) is 13.1. The lowest BCUT2D eigenvalue weighted by atomic mass is 9.90. The van der Waals surface area contributed by atoms with Crippen LogP contribution in [0, 0.1) is 0 Å². The number of aromatic hydroxyl groups is 1. The van der Waals surface area contributed by atoms with Crippen LogP contribution < -0.4 is 0 Å². The van der Waals surface area contributed by atoms with Gasteiger partial charge in [-0.05, 0) is 42.3 Å². The maximum atomic E-state index is 11.9. The van der Waals surface area contributed by atoms with Crippen LogP contribution >= 0.6 is 0 Å². The van der Waals surface area contributed by atoms with Crippen molar-refractivity contribution >= 4 is 12.1 Å². The lowest BCUT2D eigenvalue weighted by Gasteiger charge is -2.36.